The summed E-state index contributed by atoms with van der Waals surface area (Å²) in [6, 6.07) is 2.57. The Morgan fingerprint density at radius 3 is 2.75 bits per heavy atom. The predicted molar refractivity (Wildman–Crippen MR) is 135 cm³/mol. The molecule has 0 bridgehead atoms. The van der Waals surface area contributed by atoms with E-state index in [9.17, 15) is 14.4 Å². The van der Waals surface area contributed by atoms with Crippen LogP contribution in [-0.4, -0.2) is 91.2 Å². The molecule has 4 rings (SSSR count). The van der Waals surface area contributed by atoms with E-state index in [0.29, 0.717) is 29.0 Å². The number of halogens is 1. The van der Waals surface area contributed by atoms with Gasteiger partial charge in [-0.15, -0.1) is 16.4 Å². The molecular weight excluding hydrogens is 528 g/mol. The first-order valence-electron chi connectivity index (χ1n) is 11.6. The van der Waals surface area contributed by atoms with Gasteiger partial charge >= 0.3 is 5.97 Å². The molecule has 2 unspecified atom stereocenters. The zero-order chi connectivity index (χ0) is 25.8. The van der Waals surface area contributed by atoms with E-state index in [0.717, 1.165) is 34.8 Å². The minimum atomic E-state index is -0.776. The Hall–Kier alpha value is -2.25. The molecule has 0 radical (unpaired) electrons. The summed E-state index contributed by atoms with van der Waals surface area (Å²) in [5.41, 5.74) is 0.848. The van der Waals surface area contributed by atoms with Gasteiger partial charge in [-0.3, -0.25) is 9.59 Å². The third-order valence-electron chi connectivity index (χ3n) is 6.02. The molecule has 0 N–H and O–H groups in total. The largest absolute Gasteiger partial charge is 0.472 e. The van der Waals surface area contributed by atoms with Gasteiger partial charge < -0.3 is 24.1 Å². The third-order valence-corrected chi connectivity index (χ3v) is 8.28. The molecule has 1 fully saturated rings. The predicted octanol–water partition coefficient (Wildman–Crippen LogP) is 2.56. The maximum absolute atomic E-state index is 13.3. The summed E-state index contributed by atoms with van der Waals surface area (Å²) in [6.07, 6.45) is 2.63. The summed E-state index contributed by atoms with van der Waals surface area (Å²) in [4.78, 5) is 52.9. The molecule has 0 spiro atoms. The molecule has 1 aliphatic carbocycles. The van der Waals surface area contributed by atoms with E-state index in [1.54, 1.807) is 47.4 Å². The molecule has 10 nitrogen and oxygen atoms in total. The summed E-state index contributed by atoms with van der Waals surface area (Å²) >= 11 is 8.65. The van der Waals surface area contributed by atoms with Gasteiger partial charge in [-0.1, -0.05) is 22.9 Å². The number of hydroxylamine groups is 2. The third kappa shape index (κ3) is 6.17. The fraction of sp³-hybridized carbons (Fsp3) is 0.565. The molecule has 2 aliphatic rings. The van der Waals surface area contributed by atoms with E-state index in [4.69, 9.17) is 30.9 Å². The standard InChI is InChI=1S/C23H29ClN4O6S2/c1-26(2)22(30)14-5-4-6-16-21(14)25-18(35-16)11-27-9-10-28(15(12-32-3)23(27)31)34-19(29)13-33-20-8-7-17(24)36-20/h7-8,14-15H,4-6,9-13H2,1-3H3. The number of fused-ring (bicyclic) bond motifs is 1. The van der Waals surface area contributed by atoms with E-state index in [-0.39, 0.29) is 30.9 Å². The topological polar surface area (TPSA) is 102 Å². The highest BCUT2D eigenvalue weighted by atomic mass is 35.5. The van der Waals surface area contributed by atoms with Crippen LogP contribution in [0.1, 0.15) is 34.3 Å². The van der Waals surface area contributed by atoms with Crippen LogP contribution in [0.3, 0.4) is 0 Å². The molecule has 2 aromatic rings. The van der Waals surface area contributed by atoms with Gasteiger partial charge in [0.15, 0.2) is 11.7 Å². The zero-order valence-corrected chi connectivity index (χ0v) is 22.8. The normalized spacial score (nSPS) is 20.2. The highest BCUT2D eigenvalue weighted by Crippen LogP contribution is 2.36. The average Bonchev–Trinajstić information content (AvgIpc) is 3.46. The van der Waals surface area contributed by atoms with Gasteiger partial charge in [0.05, 0.1) is 35.6 Å². The Morgan fingerprint density at radius 1 is 1.25 bits per heavy atom. The second-order valence-electron chi connectivity index (χ2n) is 8.78. The molecule has 196 valence electrons. The van der Waals surface area contributed by atoms with Crippen LogP contribution < -0.4 is 4.74 Å². The maximum Gasteiger partial charge on any atom is 0.363 e. The Bertz CT molecular complexity index is 1110. The Balaban J connectivity index is 1.38. The number of thiophene rings is 1. The quantitative estimate of drug-likeness (QED) is 0.464. The SMILES string of the molecule is COCC1C(=O)N(Cc2nc3c(s2)CCCC3C(=O)N(C)C)CCN1OC(=O)COc1ccc(Cl)s1. The van der Waals surface area contributed by atoms with Crippen molar-refractivity contribution in [3.8, 4) is 5.06 Å². The number of rotatable bonds is 9. The van der Waals surface area contributed by atoms with Crippen LogP contribution in [0.15, 0.2) is 12.1 Å². The van der Waals surface area contributed by atoms with Gasteiger partial charge in [-0.25, -0.2) is 9.78 Å². The summed E-state index contributed by atoms with van der Waals surface area (Å²) in [5, 5.41) is 2.66. The number of nitrogens with zero attached hydrogens (tertiary/aromatic N) is 4. The van der Waals surface area contributed by atoms with Crippen molar-refractivity contribution in [2.24, 2.45) is 0 Å². The van der Waals surface area contributed by atoms with Crippen LogP contribution in [-0.2, 0) is 36.9 Å². The molecule has 1 aliphatic heterocycles. The summed E-state index contributed by atoms with van der Waals surface area (Å²) in [5.74, 6) is -0.998. The lowest BCUT2D eigenvalue weighted by Crippen LogP contribution is -2.58. The van der Waals surface area contributed by atoms with Crippen LogP contribution in [0.4, 0.5) is 0 Å². The first-order chi connectivity index (χ1) is 17.3. The molecule has 0 saturated carbocycles. The number of amides is 2. The van der Waals surface area contributed by atoms with Crippen molar-refractivity contribution >= 4 is 52.1 Å². The second kappa shape index (κ2) is 11.9. The number of hydrogen-bond donors (Lipinski definition) is 0. The van der Waals surface area contributed by atoms with Crippen LogP contribution in [0.5, 0.6) is 5.06 Å². The van der Waals surface area contributed by atoms with Gasteiger partial charge in [0.2, 0.25) is 11.8 Å². The number of likely N-dealkylation sites (N-methyl/N-ethyl adjacent to an activating group) is 1. The van der Waals surface area contributed by atoms with Crippen molar-refractivity contribution in [3.05, 3.63) is 32.0 Å². The number of hydrogen-bond acceptors (Lipinski definition) is 10. The molecule has 1 saturated heterocycles. The van der Waals surface area contributed by atoms with Crippen LogP contribution in [0, 0.1) is 0 Å². The Morgan fingerprint density at radius 2 is 2.06 bits per heavy atom. The smallest absolute Gasteiger partial charge is 0.363 e. The fourth-order valence-electron chi connectivity index (χ4n) is 4.31. The minimum absolute atomic E-state index is 0.0608. The highest BCUT2D eigenvalue weighted by molar-refractivity contribution is 7.17. The number of carbonyl (C=O) groups is 3. The number of ether oxygens (including phenoxy) is 2. The van der Waals surface area contributed by atoms with E-state index >= 15 is 0 Å². The summed E-state index contributed by atoms with van der Waals surface area (Å²) in [7, 11) is 5.01. The molecular formula is C23H29ClN4O6S2. The van der Waals surface area contributed by atoms with Crippen LogP contribution >= 0.6 is 34.3 Å². The minimum Gasteiger partial charge on any atom is -0.472 e. The molecule has 0 aromatic carbocycles. The zero-order valence-electron chi connectivity index (χ0n) is 20.4. The maximum atomic E-state index is 13.3. The number of thiazole rings is 1. The lowest BCUT2D eigenvalue weighted by molar-refractivity contribution is -0.219. The van der Waals surface area contributed by atoms with E-state index in [1.165, 1.54) is 23.5 Å². The number of carbonyl (C=O) groups excluding carboxylic acids is 3. The van der Waals surface area contributed by atoms with Gasteiger partial charge in [-0.05, 0) is 31.4 Å². The number of piperazine rings is 1. The Kier molecular flexibility index (Phi) is 8.83. The number of aromatic nitrogens is 1. The van der Waals surface area contributed by atoms with E-state index < -0.39 is 12.0 Å². The van der Waals surface area contributed by atoms with Crippen molar-refractivity contribution in [2.45, 2.75) is 37.8 Å². The van der Waals surface area contributed by atoms with Crippen molar-refractivity contribution in [1.82, 2.24) is 19.8 Å². The van der Waals surface area contributed by atoms with Crippen molar-refractivity contribution in [1.29, 1.82) is 0 Å². The monoisotopic (exact) mass is 556 g/mol. The van der Waals surface area contributed by atoms with Crippen molar-refractivity contribution in [3.63, 3.8) is 0 Å². The molecule has 3 heterocycles. The van der Waals surface area contributed by atoms with Gasteiger partial charge in [0, 0.05) is 32.6 Å². The van der Waals surface area contributed by atoms with Crippen molar-refractivity contribution < 1.29 is 28.7 Å². The average molecular weight is 557 g/mol. The number of aryl methyl sites for hydroxylation is 1. The van der Waals surface area contributed by atoms with Crippen LogP contribution in [0.2, 0.25) is 4.34 Å². The molecule has 2 aromatic heterocycles. The Labute approximate surface area is 222 Å². The lowest BCUT2D eigenvalue weighted by atomic mass is 9.90. The van der Waals surface area contributed by atoms with E-state index in [2.05, 4.69) is 0 Å². The molecule has 36 heavy (non-hydrogen) atoms. The molecule has 2 atom stereocenters. The summed E-state index contributed by atoms with van der Waals surface area (Å²) in [6.45, 7) is 0.783. The number of methoxy groups -OCH3 is 1. The first-order valence-corrected chi connectivity index (χ1v) is 13.6. The first kappa shape index (κ1) is 26.8. The molecule has 2 amide bonds. The lowest BCUT2D eigenvalue weighted by Gasteiger charge is -2.38. The van der Waals surface area contributed by atoms with Gasteiger partial charge in [0.1, 0.15) is 11.0 Å². The highest BCUT2D eigenvalue weighted by Gasteiger charge is 2.38. The summed E-state index contributed by atoms with van der Waals surface area (Å²) < 4.78 is 11.2. The van der Waals surface area contributed by atoms with E-state index in [1.807, 2.05) is 0 Å². The molecule has 13 heteroatoms. The van der Waals surface area contributed by atoms with Gasteiger partial charge in [0.25, 0.3) is 0 Å². The van der Waals surface area contributed by atoms with Crippen molar-refractivity contribution in [2.75, 3.05) is 47.5 Å². The fourth-order valence-corrected chi connectivity index (χ4v) is 6.37. The van der Waals surface area contributed by atoms with Gasteiger partial charge in [-0.2, -0.15) is 0 Å². The van der Waals surface area contributed by atoms with Crippen LogP contribution in [0.25, 0.3) is 0 Å². The second-order valence-corrected chi connectivity index (χ2v) is 11.6.